The number of benzene rings is 3. The molecule has 0 aliphatic carbocycles. The van der Waals surface area contributed by atoms with E-state index < -0.39 is 0 Å². The summed E-state index contributed by atoms with van der Waals surface area (Å²) in [5, 5.41) is 3.98. The minimum absolute atomic E-state index is 0.0727. The quantitative estimate of drug-likeness (QED) is 0.258. The lowest BCUT2D eigenvalue weighted by Gasteiger charge is -2.11. The number of aromatic nitrogens is 3. The van der Waals surface area contributed by atoms with Gasteiger partial charge in [-0.1, -0.05) is 78.0 Å². The SMILES string of the molecule is Cc1cccc(CSc2nc3ccncc3n2Cc2ccc(C(=O)NCc3ccccc3C)cc2)c1. The van der Waals surface area contributed by atoms with E-state index in [-0.39, 0.29) is 5.91 Å². The largest absolute Gasteiger partial charge is 0.348 e. The van der Waals surface area contributed by atoms with E-state index in [4.69, 9.17) is 4.98 Å². The summed E-state index contributed by atoms with van der Waals surface area (Å²) in [7, 11) is 0. The van der Waals surface area contributed by atoms with Gasteiger partial charge in [-0.3, -0.25) is 9.78 Å². The maximum atomic E-state index is 12.7. The Morgan fingerprint density at radius 3 is 2.58 bits per heavy atom. The molecule has 0 spiro atoms. The van der Waals surface area contributed by atoms with Gasteiger partial charge in [0.2, 0.25) is 0 Å². The molecule has 2 aromatic heterocycles. The molecule has 0 aliphatic rings. The van der Waals surface area contributed by atoms with Crippen LogP contribution in [0, 0.1) is 13.8 Å². The smallest absolute Gasteiger partial charge is 0.251 e. The number of carbonyl (C=O) groups is 1. The highest BCUT2D eigenvalue weighted by atomic mass is 32.2. The molecule has 6 heteroatoms. The summed E-state index contributed by atoms with van der Waals surface area (Å²) < 4.78 is 2.20. The number of nitrogens with zero attached hydrogens (tertiary/aromatic N) is 3. The molecule has 0 saturated heterocycles. The van der Waals surface area contributed by atoms with Crippen LogP contribution < -0.4 is 5.32 Å². The number of hydrogen-bond donors (Lipinski definition) is 1. The van der Waals surface area contributed by atoms with E-state index in [0.717, 1.165) is 33.1 Å². The third-order valence-corrected chi connectivity index (χ3v) is 7.27. The lowest BCUT2D eigenvalue weighted by atomic mass is 10.1. The van der Waals surface area contributed by atoms with Crippen molar-refractivity contribution in [2.45, 2.75) is 37.8 Å². The summed E-state index contributed by atoms with van der Waals surface area (Å²) in [6.07, 6.45) is 3.64. The van der Waals surface area contributed by atoms with E-state index in [1.807, 2.05) is 54.7 Å². The van der Waals surface area contributed by atoms with Crippen molar-refractivity contribution in [2.24, 2.45) is 0 Å². The summed E-state index contributed by atoms with van der Waals surface area (Å²) in [5.74, 6) is 0.773. The topological polar surface area (TPSA) is 59.8 Å². The van der Waals surface area contributed by atoms with Crippen molar-refractivity contribution >= 4 is 28.7 Å². The highest BCUT2D eigenvalue weighted by Crippen LogP contribution is 2.27. The van der Waals surface area contributed by atoms with Crippen LogP contribution in [0.2, 0.25) is 0 Å². The van der Waals surface area contributed by atoms with E-state index in [1.54, 1.807) is 18.0 Å². The molecule has 1 amide bonds. The van der Waals surface area contributed by atoms with Gasteiger partial charge in [0, 0.05) is 24.1 Å². The molecule has 180 valence electrons. The number of imidazole rings is 1. The number of nitrogens with one attached hydrogen (secondary N) is 1. The van der Waals surface area contributed by atoms with Crippen molar-refractivity contribution in [3.63, 3.8) is 0 Å². The van der Waals surface area contributed by atoms with Gasteiger partial charge < -0.3 is 9.88 Å². The third-order valence-electron chi connectivity index (χ3n) is 6.22. The predicted octanol–water partition coefficient (Wildman–Crippen LogP) is 6.32. The van der Waals surface area contributed by atoms with Crippen molar-refractivity contribution in [2.75, 3.05) is 0 Å². The second-order valence-corrected chi connectivity index (χ2v) is 9.87. The van der Waals surface area contributed by atoms with Gasteiger partial charge in [0.25, 0.3) is 5.91 Å². The number of fused-ring (bicyclic) bond motifs is 1. The van der Waals surface area contributed by atoms with Gasteiger partial charge in [-0.05, 0) is 54.3 Å². The van der Waals surface area contributed by atoms with Gasteiger partial charge >= 0.3 is 0 Å². The molecule has 0 radical (unpaired) electrons. The van der Waals surface area contributed by atoms with Crippen LogP contribution in [-0.2, 0) is 18.8 Å². The molecule has 5 aromatic rings. The van der Waals surface area contributed by atoms with Gasteiger partial charge in [0.1, 0.15) is 0 Å². The number of hydrogen-bond acceptors (Lipinski definition) is 4. The van der Waals surface area contributed by atoms with Crippen LogP contribution in [0.15, 0.2) is 96.4 Å². The van der Waals surface area contributed by atoms with Crippen molar-refractivity contribution in [3.8, 4) is 0 Å². The van der Waals surface area contributed by atoms with E-state index >= 15 is 0 Å². The van der Waals surface area contributed by atoms with Crippen LogP contribution in [0.3, 0.4) is 0 Å². The van der Waals surface area contributed by atoms with Crippen molar-refractivity contribution in [1.29, 1.82) is 0 Å². The number of aryl methyl sites for hydroxylation is 2. The minimum atomic E-state index is -0.0727. The lowest BCUT2D eigenvalue weighted by Crippen LogP contribution is -2.23. The zero-order chi connectivity index (χ0) is 24.9. The number of thioether (sulfide) groups is 1. The van der Waals surface area contributed by atoms with Crippen LogP contribution >= 0.6 is 11.8 Å². The van der Waals surface area contributed by atoms with Gasteiger partial charge in [0.05, 0.1) is 23.8 Å². The van der Waals surface area contributed by atoms with Gasteiger partial charge in [0.15, 0.2) is 5.16 Å². The Morgan fingerprint density at radius 2 is 1.78 bits per heavy atom. The molecular weight excluding hydrogens is 464 g/mol. The molecular formula is C30H28N4OS. The first-order valence-electron chi connectivity index (χ1n) is 12.0. The molecule has 36 heavy (non-hydrogen) atoms. The average molecular weight is 493 g/mol. The first kappa shape index (κ1) is 23.8. The molecule has 2 heterocycles. The number of pyridine rings is 1. The second-order valence-electron chi connectivity index (χ2n) is 8.93. The van der Waals surface area contributed by atoms with Crippen LogP contribution in [0.5, 0.6) is 0 Å². The van der Waals surface area contributed by atoms with E-state index in [0.29, 0.717) is 18.7 Å². The molecule has 0 aliphatic heterocycles. The van der Waals surface area contributed by atoms with Crippen molar-refractivity contribution in [1.82, 2.24) is 19.9 Å². The van der Waals surface area contributed by atoms with Crippen LogP contribution in [0.4, 0.5) is 0 Å². The Labute approximate surface area is 215 Å². The first-order chi connectivity index (χ1) is 17.6. The number of amides is 1. The normalized spacial score (nSPS) is 11.1. The summed E-state index contributed by atoms with van der Waals surface area (Å²) in [5.41, 5.74) is 8.52. The maximum absolute atomic E-state index is 12.7. The predicted molar refractivity (Wildman–Crippen MR) is 146 cm³/mol. The lowest BCUT2D eigenvalue weighted by molar-refractivity contribution is 0.0951. The third kappa shape index (κ3) is 5.50. The molecule has 0 atom stereocenters. The number of rotatable bonds is 8. The van der Waals surface area contributed by atoms with Crippen molar-refractivity contribution in [3.05, 3.63) is 125 Å². The Kier molecular flexibility index (Phi) is 7.14. The molecule has 5 rings (SSSR count). The minimum Gasteiger partial charge on any atom is -0.348 e. The molecule has 3 aromatic carbocycles. The summed E-state index contributed by atoms with van der Waals surface area (Å²) in [6, 6.07) is 26.4. The summed E-state index contributed by atoms with van der Waals surface area (Å²) in [6.45, 7) is 5.34. The fourth-order valence-corrected chi connectivity index (χ4v) is 5.15. The molecule has 0 unspecified atom stereocenters. The van der Waals surface area contributed by atoms with Crippen LogP contribution in [0.25, 0.3) is 11.0 Å². The molecule has 5 nitrogen and oxygen atoms in total. The van der Waals surface area contributed by atoms with E-state index in [1.165, 1.54) is 16.7 Å². The Balaban J connectivity index is 1.31. The summed E-state index contributed by atoms with van der Waals surface area (Å²) >= 11 is 1.73. The Morgan fingerprint density at radius 1 is 0.944 bits per heavy atom. The molecule has 0 fully saturated rings. The molecule has 0 saturated carbocycles. The fraction of sp³-hybridized carbons (Fsp3) is 0.167. The standard InChI is InChI=1S/C30H28N4OS/c1-21-6-5-8-24(16-21)20-36-30-33-27-14-15-31-18-28(27)34(30)19-23-10-12-25(13-11-23)29(35)32-17-26-9-4-3-7-22(26)2/h3-16,18H,17,19-20H2,1-2H3,(H,32,35). The molecule has 0 bridgehead atoms. The number of carbonyl (C=O) groups excluding carboxylic acids is 1. The summed E-state index contributed by atoms with van der Waals surface area (Å²) in [4.78, 5) is 21.9. The highest BCUT2D eigenvalue weighted by Gasteiger charge is 2.13. The monoisotopic (exact) mass is 492 g/mol. The Bertz CT molecular complexity index is 1510. The zero-order valence-electron chi connectivity index (χ0n) is 20.4. The van der Waals surface area contributed by atoms with E-state index in [9.17, 15) is 4.79 Å². The van der Waals surface area contributed by atoms with Gasteiger partial charge in [-0.25, -0.2) is 4.98 Å². The maximum Gasteiger partial charge on any atom is 0.251 e. The first-order valence-corrected chi connectivity index (χ1v) is 13.0. The fourth-order valence-electron chi connectivity index (χ4n) is 4.19. The zero-order valence-corrected chi connectivity index (χ0v) is 21.3. The van der Waals surface area contributed by atoms with Crippen LogP contribution in [0.1, 0.15) is 38.2 Å². The highest BCUT2D eigenvalue weighted by molar-refractivity contribution is 7.98. The Hall–Kier alpha value is -3.90. The van der Waals surface area contributed by atoms with Crippen molar-refractivity contribution < 1.29 is 4.79 Å². The second kappa shape index (κ2) is 10.8. The van der Waals surface area contributed by atoms with Gasteiger partial charge in [-0.15, -0.1) is 0 Å². The average Bonchev–Trinajstić information content (AvgIpc) is 3.24. The van der Waals surface area contributed by atoms with Gasteiger partial charge in [-0.2, -0.15) is 0 Å². The van der Waals surface area contributed by atoms with E-state index in [2.05, 4.69) is 59.0 Å². The van der Waals surface area contributed by atoms with Crippen LogP contribution in [-0.4, -0.2) is 20.4 Å². The molecule has 1 N–H and O–H groups in total.